The van der Waals surface area contributed by atoms with Crippen LogP contribution in [0.3, 0.4) is 0 Å². The largest absolute Gasteiger partial charge is 0.369 e. The van der Waals surface area contributed by atoms with Crippen LogP contribution in [-0.2, 0) is 0 Å². The number of likely N-dealkylation sites (N-methyl/N-ethyl adjacent to an activating group) is 1. The highest BCUT2D eigenvalue weighted by Crippen LogP contribution is 2.26. The number of hydrogen-bond donors (Lipinski definition) is 3. The van der Waals surface area contributed by atoms with E-state index in [0.29, 0.717) is 5.95 Å². The molecule has 0 aliphatic carbocycles. The van der Waals surface area contributed by atoms with Crippen LogP contribution in [0.1, 0.15) is 26.3 Å². The fourth-order valence-electron chi connectivity index (χ4n) is 3.56. The Labute approximate surface area is 207 Å². The van der Waals surface area contributed by atoms with Gasteiger partial charge in [0.25, 0.3) is 0 Å². The number of aryl methyl sites for hydroxylation is 1. The van der Waals surface area contributed by atoms with Gasteiger partial charge >= 0.3 is 0 Å². The van der Waals surface area contributed by atoms with Crippen LogP contribution in [-0.4, -0.2) is 53.6 Å². The zero-order valence-electron chi connectivity index (χ0n) is 20.7. The van der Waals surface area contributed by atoms with E-state index in [2.05, 4.69) is 94.4 Å². The standard InChI is InChI=1S/C26H35N7S/c1-19-18-27-25(29-21-7-6-8-23(17-21)34-31-26(2,3)4)30-24(19)28-20-9-11-22(12-10-20)33-15-13-32(5)14-16-33/h6-12,17-18,31H,13-16H2,1-5H3,(H2,27,28,29,30). The van der Waals surface area contributed by atoms with Crippen molar-refractivity contribution in [3.8, 4) is 0 Å². The Bertz CT molecular complexity index is 1090. The maximum Gasteiger partial charge on any atom is 0.229 e. The number of hydrogen-bond acceptors (Lipinski definition) is 8. The molecular formula is C26H35N7S. The van der Waals surface area contributed by atoms with E-state index in [1.807, 2.05) is 25.3 Å². The van der Waals surface area contributed by atoms with Crippen molar-refractivity contribution in [1.29, 1.82) is 0 Å². The summed E-state index contributed by atoms with van der Waals surface area (Å²) in [5.41, 5.74) is 4.26. The molecule has 0 bridgehead atoms. The van der Waals surface area contributed by atoms with Gasteiger partial charge in [0.1, 0.15) is 5.82 Å². The molecular weight excluding hydrogens is 442 g/mol. The van der Waals surface area contributed by atoms with Crippen LogP contribution in [0.2, 0.25) is 0 Å². The lowest BCUT2D eigenvalue weighted by Gasteiger charge is -2.34. The van der Waals surface area contributed by atoms with E-state index in [1.165, 1.54) is 5.69 Å². The number of rotatable bonds is 7. The normalized spacial score (nSPS) is 14.8. The van der Waals surface area contributed by atoms with Crippen LogP contribution in [0.4, 0.5) is 28.8 Å². The Kier molecular flexibility index (Phi) is 7.60. The molecule has 0 unspecified atom stereocenters. The second-order valence-corrected chi connectivity index (χ2v) is 10.7. The van der Waals surface area contributed by atoms with Crippen molar-refractivity contribution >= 4 is 40.8 Å². The summed E-state index contributed by atoms with van der Waals surface area (Å²) in [4.78, 5) is 15.1. The fourth-order valence-corrected chi connectivity index (χ4v) is 4.32. The van der Waals surface area contributed by atoms with Gasteiger partial charge in [-0.05, 0) is 89.2 Å². The van der Waals surface area contributed by atoms with E-state index >= 15 is 0 Å². The Morgan fingerprint density at radius 3 is 2.35 bits per heavy atom. The Balaban J connectivity index is 1.41. The molecule has 1 aromatic heterocycles. The van der Waals surface area contributed by atoms with E-state index in [-0.39, 0.29) is 5.54 Å². The summed E-state index contributed by atoms with van der Waals surface area (Å²) >= 11 is 1.62. The van der Waals surface area contributed by atoms with Gasteiger partial charge < -0.3 is 20.4 Å². The smallest absolute Gasteiger partial charge is 0.229 e. The predicted molar refractivity (Wildman–Crippen MR) is 145 cm³/mol. The van der Waals surface area contributed by atoms with Gasteiger partial charge in [-0.1, -0.05) is 6.07 Å². The molecule has 0 spiro atoms. The first-order chi connectivity index (χ1) is 16.2. The first-order valence-corrected chi connectivity index (χ1v) is 12.5. The van der Waals surface area contributed by atoms with Crippen LogP contribution < -0.4 is 20.3 Å². The summed E-state index contributed by atoms with van der Waals surface area (Å²) in [7, 11) is 2.18. The number of nitrogens with one attached hydrogen (secondary N) is 3. The van der Waals surface area contributed by atoms with Gasteiger partial charge in [0.2, 0.25) is 5.95 Å². The zero-order valence-corrected chi connectivity index (χ0v) is 21.5. The Hall–Kier alpha value is -2.81. The summed E-state index contributed by atoms with van der Waals surface area (Å²) in [5, 5.41) is 6.79. The summed E-state index contributed by atoms with van der Waals surface area (Å²) in [6.07, 6.45) is 1.84. The molecule has 1 aliphatic rings. The highest BCUT2D eigenvalue weighted by molar-refractivity contribution is 7.97. The second kappa shape index (κ2) is 10.6. The lowest BCUT2D eigenvalue weighted by Crippen LogP contribution is -2.44. The lowest BCUT2D eigenvalue weighted by atomic mass is 10.1. The number of anilines is 5. The quantitative estimate of drug-likeness (QED) is 0.390. The molecule has 34 heavy (non-hydrogen) atoms. The Morgan fingerprint density at radius 1 is 0.912 bits per heavy atom. The van der Waals surface area contributed by atoms with E-state index in [9.17, 15) is 0 Å². The molecule has 180 valence electrons. The average Bonchev–Trinajstić information content (AvgIpc) is 2.81. The molecule has 2 aromatic carbocycles. The van der Waals surface area contributed by atoms with Crippen molar-refractivity contribution < 1.29 is 0 Å². The van der Waals surface area contributed by atoms with Crippen LogP contribution in [0.25, 0.3) is 0 Å². The maximum atomic E-state index is 4.73. The van der Waals surface area contributed by atoms with Crippen LogP contribution >= 0.6 is 11.9 Å². The number of piperazine rings is 1. The first-order valence-electron chi connectivity index (χ1n) is 11.7. The molecule has 7 nitrogen and oxygen atoms in total. The SMILES string of the molecule is Cc1cnc(Nc2cccc(SNC(C)(C)C)c2)nc1Nc1ccc(N2CCN(C)CC2)cc1. The predicted octanol–water partition coefficient (Wildman–Crippen LogP) is 5.42. The van der Waals surface area contributed by atoms with E-state index < -0.39 is 0 Å². The molecule has 8 heteroatoms. The summed E-state index contributed by atoms with van der Waals surface area (Å²) in [5.74, 6) is 1.36. The second-order valence-electron chi connectivity index (χ2n) is 9.79. The number of nitrogens with zero attached hydrogens (tertiary/aromatic N) is 4. The lowest BCUT2D eigenvalue weighted by molar-refractivity contribution is 0.313. The molecule has 1 fully saturated rings. The monoisotopic (exact) mass is 477 g/mol. The van der Waals surface area contributed by atoms with Crippen LogP contribution in [0, 0.1) is 6.92 Å². The minimum atomic E-state index is 0.0391. The first kappa shape index (κ1) is 24.3. The van der Waals surface area contributed by atoms with Gasteiger partial charge in [0.15, 0.2) is 0 Å². The topological polar surface area (TPSA) is 68.3 Å². The third-order valence-electron chi connectivity index (χ3n) is 5.54. The molecule has 0 saturated carbocycles. The van der Waals surface area contributed by atoms with Crippen molar-refractivity contribution in [2.75, 3.05) is 48.8 Å². The highest BCUT2D eigenvalue weighted by atomic mass is 32.2. The molecule has 4 rings (SSSR count). The fraction of sp³-hybridized carbons (Fsp3) is 0.385. The highest BCUT2D eigenvalue weighted by Gasteiger charge is 2.14. The molecule has 0 amide bonds. The molecule has 0 radical (unpaired) electrons. The minimum absolute atomic E-state index is 0.0391. The average molecular weight is 478 g/mol. The van der Waals surface area contributed by atoms with E-state index in [4.69, 9.17) is 4.98 Å². The van der Waals surface area contributed by atoms with Gasteiger partial charge in [-0.25, -0.2) is 4.98 Å². The molecule has 2 heterocycles. The van der Waals surface area contributed by atoms with Crippen LogP contribution in [0.5, 0.6) is 0 Å². The van der Waals surface area contributed by atoms with Crippen molar-refractivity contribution in [2.24, 2.45) is 0 Å². The van der Waals surface area contributed by atoms with Gasteiger partial charge in [-0.15, -0.1) is 0 Å². The number of aromatic nitrogens is 2. The molecule has 0 atom stereocenters. The summed E-state index contributed by atoms with van der Waals surface area (Å²) in [6, 6.07) is 16.8. The molecule has 1 aliphatic heterocycles. The van der Waals surface area contributed by atoms with Crippen molar-refractivity contribution in [3.63, 3.8) is 0 Å². The van der Waals surface area contributed by atoms with Crippen molar-refractivity contribution in [1.82, 2.24) is 19.6 Å². The zero-order chi connectivity index (χ0) is 24.1. The van der Waals surface area contributed by atoms with E-state index in [1.54, 1.807) is 11.9 Å². The Morgan fingerprint density at radius 2 is 1.65 bits per heavy atom. The minimum Gasteiger partial charge on any atom is -0.369 e. The summed E-state index contributed by atoms with van der Waals surface area (Å²) in [6.45, 7) is 12.8. The van der Waals surface area contributed by atoms with Gasteiger partial charge in [0, 0.05) is 65.4 Å². The summed E-state index contributed by atoms with van der Waals surface area (Å²) < 4.78 is 3.44. The molecule has 1 saturated heterocycles. The third-order valence-corrected chi connectivity index (χ3v) is 6.74. The van der Waals surface area contributed by atoms with Gasteiger partial charge in [0.05, 0.1) is 0 Å². The molecule has 3 aromatic rings. The number of benzene rings is 2. The maximum absolute atomic E-state index is 4.73. The van der Waals surface area contributed by atoms with Crippen LogP contribution in [0.15, 0.2) is 59.6 Å². The van der Waals surface area contributed by atoms with E-state index in [0.717, 1.165) is 53.8 Å². The third kappa shape index (κ3) is 6.85. The van der Waals surface area contributed by atoms with Crippen molar-refractivity contribution in [2.45, 2.75) is 38.1 Å². The molecule has 3 N–H and O–H groups in total. The van der Waals surface area contributed by atoms with Crippen molar-refractivity contribution in [3.05, 3.63) is 60.3 Å². The van der Waals surface area contributed by atoms with Gasteiger partial charge in [-0.2, -0.15) is 4.98 Å². The van der Waals surface area contributed by atoms with Gasteiger partial charge in [-0.3, -0.25) is 4.72 Å².